The van der Waals surface area contributed by atoms with Gasteiger partial charge in [-0.1, -0.05) is 32.0 Å². The van der Waals surface area contributed by atoms with Crippen molar-refractivity contribution in [3.63, 3.8) is 0 Å². The first-order valence-electron chi connectivity index (χ1n) is 11.8. The highest BCUT2D eigenvalue weighted by Crippen LogP contribution is 2.28. The summed E-state index contributed by atoms with van der Waals surface area (Å²) in [5.41, 5.74) is 2.13. The molecule has 1 aliphatic rings. The molecule has 0 unspecified atom stereocenters. The number of aliphatic imine (C=N–C) groups is 2. The molecule has 11 heteroatoms. The number of urea groups is 1. The maximum absolute atomic E-state index is 12.5. The third-order valence-electron chi connectivity index (χ3n) is 5.26. The van der Waals surface area contributed by atoms with E-state index < -0.39 is 6.03 Å². The molecule has 2 aromatic rings. The van der Waals surface area contributed by atoms with E-state index in [1.54, 1.807) is 56.6 Å². The lowest BCUT2D eigenvalue weighted by molar-refractivity contribution is 0.101. The van der Waals surface area contributed by atoms with Crippen LogP contribution in [0.15, 0.2) is 80.0 Å². The van der Waals surface area contributed by atoms with Gasteiger partial charge in [-0.3, -0.25) is 10.3 Å². The van der Waals surface area contributed by atoms with E-state index in [0.29, 0.717) is 47.5 Å². The normalized spacial score (nSPS) is 15.8. The van der Waals surface area contributed by atoms with Crippen molar-refractivity contribution in [2.75, 3.05) is 45.1 Å². The van der Waals surface area contributed by atoms with Crippen molar-refractivity contribution in [3.05, 3.63) is 71.2 Å². The number of methoxy groups -OCH3 is 2. The summed E-state index contributed by atoms with van der Waals surface area (Å²) in [6.45, 7) is 10.4. The molecule has 2 amide bonds. The molecule has 0 fully saturated rings. The summed E-state index contributed by atoms with van der Waals surface area (Å²) in [6.07, 6.45) is 3.45. The Morgan fingerprint density at radius 3 is 2.53 bits per heavy atom. The van der Waals surface area contributed by atoms with Crippen LogP contribution in [-0.4, -0.2) is 58.1 Å². The summed E-state index contributed by atoms with van der Waals surface area (Å²) >= 11 is 0. The molecular formula is C27H33N5O6. The molecule has 1 aliphatic carbocycles. The number of allylic oxidation sites excluding steroid dienone is 3. The van der Waals surface area contributed by atoms with Gasteiger partial charge < -0.3 is 28.8 Å². The molecule has 0 aliphatic heterocycles. The summed E-state index contributed by atoms with van der Waals surface area (Å²) in [4.78, 5) is 20.9. The second-order valence-corrected chi connectivity index (χ2v) is 9.08. The fourth-order valence-corrected chi connectivity index (χ4v) is 3.30. The van der Waals surface area contributed by atoms with Crippen molar-refractivity contribution >= 4 is 30.0 Å². The molecule has 202 valence electrons. The second kappa shape index (κ2) is 12.7. The van der Waals surface area contributed by atoms with Gasteiger partial charge in [0.15, 0.2) is 11.5 Å². The van der Waals surface area contributed by atoms with Crippen LogP contribution in [0.3, 0.4) is 0 Å². The minimum Gasteiger partial charge on any atom is -0.493 e. The van der Waals surface area contributed by atoms with Gasteiger partial charge in [-0.25, -0.2) is 9.79 Å². The molecule has 0 bridgehead atoms. The minimum atomic E-state index is -0.495. The predicted molar refractivity (Wildman–Crippen MR) is 146 cm³/mol. The van der Waals surface area contributed by atoms with Crippen LogP contribution in [-0.2, 0) is 19.6 Å². The van der Waals surface area contributed by atoms with Crippen molar-refractivity contribution in [1.82, 2.24) is 5.16 Å². The highest BCUT2D eigenvalue weighted by atomic mass is 16.5. The molecule has 1 aromatic carbocycles. The fourth-order valence-electron chi connectivity index (χ4n) is 3.30. The predicted octanol–water partition coefficient (Wildman–Crippen LogP) is 5.07. The third kappa shape index (κ3) is 7.32. The first-order chi connectivity index (χ1) is 18.2. The van der Waals surface area contributed by atoms with E-state index in [1.807, 2.05) is 20.8 Å². The number of rotatable bonds is 10. The topological polar surface area (TPSA) is 129 Å². The van der Waals surface area contributed by atoms with Crippen LogP contribution in [0.1, 0.15) is 26.5 Å². The van der Waals surface area contributed by atoms with Crippen LogP contribution in [0.2, 0.25) is 0 Å². The Bertz CT molecular complexity index is 1280. The van der Waals surface area contributed by atoms with Crippen molar-refractivity contribution in [1.29, 1.82) is 0 Å². The number of ether oxygens (including phenoxy) is 4. The third-order valence-corrected chi connectivity index (χ3v) is 5.26. The van der Waals surface area contributed by atoms with Crippen molar-refractivity contribution in [2.24, 2.45) is 9.98 Å². The van der Waals surface area contributed by atoms with Crippen LogP contribution in [0.4, 0.5) is 16.4 Å². The summed E-state index contributed by atoms with van der Waals surface area (Å²) < 4.78 is 27.5. The molecule has 0 saturated carbocycles. The van der Waals surface area contributed by atoms with E-state index in [0.717, 1.165) is 5.69 Å². The van der Waals surface area contributed by atoms with Gasteiger partial charge in [0.05, 0.1) is 30.7 Å². The smallest absolute Gasteiger partial charge is 0.326 e. The summed E-state index contributed by atoms with van der Waals surface area (Å²) in [5, 5.41) is 9.37. The average molecular weight is 524 g/mol. The fraction of sp³-hybridized carbons (Fsp3) is 0.333. The van der Waals surface area contributed by atoms with Crippen molar-refractivity contribution in [2.45, 2.75) is 26.2 Å². The van der Waals surface area contributed by atoms with Gasteiger partial charge in [0.1, 0.15) is 12.4 Å². The number of hydrogen-bond acceptors (Lipinski definition) is 9. The first-order valence-corrected chi connectivity index (χ1v) is 11.8. The standard InChI is InChI=1S/C27H33N5O6/c1-27(2,3)23-16-24(38-32-23)31-26(33)30-17-9-8-10-18(13-17)37-25(29-5)19-14-21(35-7)22(15-20(19)28-4)36-12-11-34-6/h8-10,13-16H,5,11-12H2,1-4,6-7H3,(H2,30,31,33)/b25-19+,28-20-. The highest BCUT2D eigenvalue weighted by Gasteiger charge is 2.23. The first kappa shape index (κ1) is 28.2. The molecule has 0 atom stereocenters. The van der Waals surface area contributed by atoms with E-state index in [4.69, 9.17) is 23.5 Å². The van der Waals surface area contributed by atoms with E-state index in [2.05, 4.69) is 32.5 Å². The van der Waals surface area contributed by atoms with Crippen LogP contribution >= 0.6 is 0 Å². The molecule has 38 heavy (non-hydrogen) atoms. The Morgan fingerprint density at radius 2 is 1.89 bits per heavy atom. The SMILES string of the molecule is C=N/C(Oc1cccc(NC(=O)Nc2cc(C(C)(C)C)no2)c1)=C1/C=C(OC)C(OCCOC)=C/C1=N/C. The maximum atomic E-state index is 12.5. The molecule has 0 saturated heterocycles. The zero-order chi connectivity index (χ0) is 27.7. The lowest BCUT2D eigenvalue weighted by atomic mass is 9.92. The monoisotopic (exact) mass is 523 g/mol. The number of aromatic nitrogens is 1. The highest BCUT2D eigenvalue weighted by molar-refractivity contribution is 6.12. The molecule has 3 rings (SSSR count). The Labute approximate surface area is 221 Å². The van der Waals surface area contributed by atoms with Gasteiger partial charge in [0, 0.05) is 43.5 Å². The number of hydrogen-bond donors (Lipinski definition) is 2. The molecule has 1 aromatic heterocycles. The van der Waals surface area contributed by atoms with E-state index in [1.165, 1.54) is 7.11 Å². The zero-order valence-corrected chi connectivity index (χ0v) is 22.5. The number of nitrogens with one attached hydrogen (secondary N) is 2. The molecule has 0 radical (unpaired) electrons. The van der Waals surface area contributed by atoms with Crippen LogP contribution < -0.4 is 15.4 Å². The molecule has 1 heterocycles. The van der Waals surface area contributed by atoms with Crippen molar-refractivity contribution in [3.8, 4) is 5.75 Å². The van der Waals surface area contributed by atoms with Crippen LogP contribution in [0.5, 0.6) is 5.75 Å². The Balaban J connectivity index is 1.76. The van der Waals surface area contributed by atoms with E-state index in [-0.39, 0.29) is 17.2 Å². The Morgan fingerprint density at radius 1 is 1.11 bits per heavy atom. The molecule has 0 spiro atoms. The molecule has 2 N–H and O–H groups in total. The van der Waals surface area contributed by atoms with Gasteiger partial charge in [-0.2, -0.15) is 0 Å². The second-order valence-electron chi connectivity index (χ2n) is 9.08. The van der Waals surface area contributed by atoms with Gasteiger partial charge in [-0.05, 0) is 24.9 Å². The van der Waals surface area contributed by atoms with Gasteiger partial charge >= 0.3 is 6.03 Å². The molecule has 11 nitrogen and oxygen atoms in total. The largest absolute Gasteiger partial charge is 0.493 e. The number of nitrogens with zero attached hydrogens (tertiary/aromatic N) is 3. The quantitative estimate of drug-likeness (QED) is 0.253. The number of amides is 2. The number of anilines is 2. The van der Waals surface area contributed by atoms with E-state index >= 15 is 0 Å². The van der Waals surface area contributed by atoms with Crippen LogP contribution in [0, 0.1) is 0 Å². The number of carbonyl (C=O) groups is 1. The Hall–Kier alpha value is -4.38. The lowest BCUT2D eigenvalue weighted by Crippen LogP contribution is -2.19. The van der Waals surface area contributed by atoms with Gasteiger partial charge in [0.25, 0.3) is 0 Å². The molecular weight excluding hydrogens is 490 g/mol. The van der Waals surface area contributed by atoms with Crippen LogP contribution in [0.25, 0.3) is 0 Å². The summed E-state index contributed by atoms with van der Waals surface area (Å²) in [7, 11) is 4.78. The zero-order valence-electron chi connectivity index (χ0n) is 22.5. The minimum absolute atomic E-state index is 0.199. The summed E-state index contributed by atoms with van der Waals surface area (Å²) in [5.74, 6) is 1.84. The summed E-state index contributed by atoms with van der Waals surface area (Å²) in [6, 6.07) is 8.02. The number of benzene rings is 1. The maximum Gasteiger partial charge on any atom is 0.326 e. The number of carbonyl (C=O) groups excluding carboxylic acids is 1. The Kier molecular flexibility index (Phi) is 9.44. The van der Waals surface area contributed by atoms with Crippen molar-refractivity contribution < 1.29 is 28.3 Å². The van der Waals surface area contributed by atoms with E-state index in [9.17, 15) is 4.79 Å². The van der Waals surface area contributed by atoms with Gasteiger partial charge in [-0.15, -0.1) is 0 Å². The van der Waals surface area contributed by atoms with Gasteiger partial charge in [0.2, 0.25) is 11.8 Å². The lowest BCUT2D eigenvalue weighted by Gasteiger charge is -2.19. The average Bonchev–Trinajstić information content (AvgIpc) is 3.36.